The lowest BCUT2D eigenvalue weighted by Gasteiger charge is -2.09. The zero-order valence-electron chi connectivity index (χ0n) is 13.4. The number of para-hydroxylation sites is 1. The normalized spacial score (nSPS) is 11.1. The molecule has 0 aliphatic heterocycles. The van der Waals surface area contributed by atoms with Crippen LogP contribution in [-0.4, -0.2) is 45.5 Å². The molecule has 0 aliphatic rings. The summed E-state index contributed by atoms with van der Waals surface area (Å²) in [6.07, 6.45) is 1.63. The molecule has 24 heavy (non-hydrogen) atoms. The molecular formula is C15H16N6O2S. The van der Waals surface area contributed by atoms with Crippen LogP contribution in [0.15, 0.2) is 29.4 Å². The summed E-state index contributed by atoms with van der Waals surface area (Å²) in [5.41, 5.74) is 2.32. The van der Waals surface area contributed by atoms with Crippen molar-refractivity contribution in [2.75, 3.05) is 14.2 Å². The molecule has 0 radical (unpaired) electrons. The second-order valence-corrected chi connectivity index (χ2v) is 5.31. The Hall–Kier alpha value is -2.94. The maximum Gasteiger partial charge on any atom is 0.216 e. The minimum absolute atomic E-state index is 0.365. The van der Waals surface area contributed by atoms with Gasteiger partial charge in [-0.2, -0.15) is 20.0 Å². The molecule has 0 saturated carbocycles. The fraction of sp³-hybridized carbons (Fsp3) is 0.200. The number of rotatable bonds is 5. The Labute approximate surface area is 143 Å². The fourth-order valence-electron chi connectivity index (χ4n) is 2.23. The van der Waals surface area contributed by atoms with Gasteiger partial charge in [0.05, 0.1) is 20.4 Å². The molecule has 2 aromatic heterocycles. The highest BCUT2D eigenvalue weighted by Gasteiger charge is 2.12. The van der Waals surface area contributed by atoms with Crippen LogP contribution in [0.1, 0.15) is 11.3 Å². The van der Waals surface area contributed by atoms with Crippen molar-refractivity contribution >= 4 is 18.4 Å². The molecule has 3 rings (SSSR count). The molecule has 8 nitrogen and oxygen atoms in total. The highest BCUT2D eigenvalue weighted by atomic mass is 32.1. The molecule has 2 N–H and O–H groups in total. The third-order valence-electron chi connectivity index (χ3n) is 3.33. The lowest BCUT2D eigenvalue weighted by molar-refractivity contribution is 0.354. The van der Waals surface area contributed by atoms with Crippen LogP contribution in [-0.2, 0) is 0 Å². The van der Waals surface area contributed by atoms with Gasteiger partial charge < -0.3 is 9.47 Å². The van der Waals surface area contributed by atoms with Crippen molar-refractivity contribution in [3.8, 4) is 23.0 Å². The van der Waals surface area contributed by atoms with Gasteiger partial charge in [0.1, 0.15) is 5.69 Å². The van der Waals surface area contributed by atoms with Crippen molar-refractivity contribution in [2.24, 2.45) is 5.10 Å². The number of methoxy groups -OCH3 is 2. The molecule has 0 bridgehead atoms. The summed E-state index contributed by atoms with van der Waals surface area (Å²) in [4.78, 5) is 0. The summed E-state index contributed by atoms with van der Waals surface area (Å²) in [7, 11) is 3.17. The predicted molar refractivity (Wildman–Crippen MR) is 92.3 cm³/mol. The van der Waals surface area contributed by atoms with Gasteiger partial charge in [-0.1, -0.05) is 6.07 Å². The Balaban J connectivity index is 2.02. The molecule has 0 fully saturated rings. The summed E-state index contributed by atoms with van der Waals surface area (Å²) < 4.78 is 12.5. The molecule has 0 aliphatic carbocycles. The molecule has 0 amide bonds. The molecule has 2 heterocycles. The Morgan fingerprint density at radius 2 is 2.04 bits per heavy atom. The van der Waals surface area contributed by atoms with E-state index in [1.165, 1.54) is 4.68 Å². The summed E-state index contributed by atoms with van der Waals surface area (Å²) in [5, 5.41) is 18.4. The average Bonchev–Trinajstić information content (AvgIpc) is 3.18. The number of benzene rings is 1. The smallest absolute Gasteiger partial charge is 0.216 e. The third kappa shape index (κ3) is 2.93. The number of nitrogens with zero attached hydrogens (tertiary/aromatic N) is 4. The highest BCUT2D eigenvalue weighted by Crippen LogP contribution is 2.29. The predicted octanol–water partition coefficient (Wildman–Crippen LogP) is 2.54. The lowest BCUT2D eigenvalue weighted by Crippen LogP contribution is -1.98. The van der Waals surface area contributed by atoms with Gasteiger partial charge in [-0.3, -0.25) is 5.10 Å². The summed E-state index contributed by atoms with van der Waals surface area (Å²) in [6.45, 7) is 1.91. The van der Waals surface area contributed by atoms with Crippen molar-refractivity contribution in [1.29, 1.82) is 0 Å². The Kier molecular flexibility index (Phi) is 4.43. The van der Waals surface area contributed by atoms with Crippen LogP contribution in [0, 0.1) is 11.7 Å². The summed E-state index contributed by atoms with van der Waals surface area (Å²) >= 11 is 5.24. The van der Waals surface area contributed by atoms with Crippen LogP contribution in [0.25, 0.3) is 11.5 Å². The summed E-state index contributed by atoms with van der Waals surface area (Å²) in [5.74, 6) is 1.73. The second-order valence-electron chi connectivity index (χ2n) is 4.93. The minimum atomic E-state index is 0.365. The average molecular weight is 344 g/mol. The van der Waals surface area contributed by atoms with Crippen molar-refractivity contribution in [2.45, 2.75) is 6.92 Å². The molecule has 0 atom stereocenters. The van der Waals surface area contributed by atoms with Crippen molar-refractivity contribution in [1.82, 2.24) is 25.1 Å². The van der Waals surface area contributed by atoms with Gasteiger partial charge in [0.2, 0.25) is 10.6 Å². The van der Waals surface area contributed by atoms with Gasteiger partial charge in [0.15, 0.2) is 11.5 Å². The molecule has 124 valence electrons. The molecule has 3 aromatic rings. The number of ether oxygens (including phenoxy) is 2. The maximum atomic E-state index is 5.39. The standard InChI is InChI=1S/C15H16N6O2S/c1-9-7-11(18-17-9)14-19-20-15(24)21(14)16-8-10-5-4-6-12(22-2)13(10)23-3/h4-8H,1-3H3,(H,17,18)(H,20,24)/b16-8+. The quantitative estimate of drug-likeness (QED) is 0.548. The van der Waals surface area contributed by atoms with Gasteiger partial charge in [-0.05, 0) is 37.3 Å². The van der Waals surface area contributed by atoms with E-state index >= 15 is 0 Å². The third-order valence-corrected chi connectivity index (χ3v) is 3.60. The Morgan fingerprint density at radius 1 is 1.21 bits per heavy atom. The van der Waals surface area contributed by atoms with E-state index in [9.17, 15) is 0 Å². The second kappa shape index (κ2) is 6.67. The van der Waals surface area contributed by atoms with Gasteiger partial charge in [0, 0.05) is 11.3 Å². The van der Waals surface area contributed by atoms with Gasteiger partial charge in [-0.15, -0.1) is 0 Å². The molecule has 9 heteroatoms. The minimum Gasteiger partial charge on any atom is -0.493 e. The van der Waals surface area contributed by atoms with Crippen molar-refractivity contribution in [3.63, 3.8) is 0 Å². The van der Waals surface area contributed by atoms with Crippen LogP contribution in [0.2, 0.25) is 0 Å². The zero-order valence-corrected chi connectivity index (χ0v) is 14.2. The zero-order chi connectivity index (χ0) is 17.1. The number of aromatic amines is 2. The lowest BCUT2D eigenvalue weighted by atomic mass is 10.2. The summed E-state index contributed by atoms with van der Waals surface area (Å²) in [6, 6.07) is 7.41. The first kappa shape index (κ1) is 15.9. The number of aromatic nitrogens is 5. The SMILES string of the molecule is COc1cccc(/C=N/n2c(-c3cc(C)[nH]n3)n[nH]c2=S)c1OC. The molecule has 0 saturated heterocycles. The Morgan fingerprint density at radius 3 is 2.71 bits per heavy atom. The first-order chi connectivity index (χ1) is 11.6. The van der Waals surface area contributed by atoms with Crippen molar-refractivity contribution < 1.29 is 9.47 Å². The molecular weight excluding hydrogens is 328 g/mol. The number of hydrogen-bond acceptors (Lipinski definition) is 6. The fourth-order valence-corrected chi connectivity index (χ4v) is 2.41. The van der Waals surface area contributed by atoms with E-state index in [0.717, 1.165) is 11.3 Å². The number of nitrogens with one attached hydrogen (secondary N) is 2. The van der Waals surface area contributed by atoms with Crippen LogP contribution in [0.5, 0.6) is 11.5 Å². The van der Waals surface area contributed by atoms with E-state index in [2.05, 4.69) is 25.5 Å². The number of hydrogen-bond donors (Lipinski definition) is 2. The molecule has 0 spiro atoms. The van der Waals surface area contributed by atoms with E-state index in [0.29, 0.717) is 27.8 Å². The van der Waals surface area contributed by atoms with Crippen LogP contribution in [0.3, 0.4) is 0 Å². The van der Waals surface area contributed by atoms with Crippen LogP contribution >= 0.6 is 12.2 Å². The first-order valence-electron chi connectivity index (χ1n) is 7.09. The monoisotopic (exact) mass is 344 g/mol. The van der Waals surface area contributed by atoms with E-state index in [-0.39, 0.29) is 0 Å². The molecule has 0 unspecified atom stereocenters. The topological polar surface area (TPSA) is 93.1 Å². The van der Waals surface area contributed by atoms with Crippen molar-refractivity contribution in [3.05, 3.63) is 40.3 Å². The largest absolute Gasteiger partial charge is 0.493 e. The van der Waals surface area contributed by atoms with Gasteiger partial charge >= 0.3 is 0 Å². The first-order valence-corrected chi connectivity index (χ1v) is 7.50. The molecule has 1 aromatic carbocycles. The highest BCUT2D eigenvalue weighted by molar-refractivity contribution is 7.71. The van der Waals surface area contributed by atoms with Crippen LogP contribution in [0.4, 0.5) is 0 Å². The van der Waals surface area contributed by atoms with E-state index in [1.807, 2.05) is 31.2 Å². The van der Waals surface area contributed by atoms with E-state index < -0.39 is 0 Å². The van der Waals surface area contributed by atoms with E-state index in [1.54, 1.807) is 20.4 Å². The van der Waals surface area contributed by atoms with E-state index in [4.69, 9.17) is 21.7 Å². The number of H-pyrrole nitrogens is 2. The maximum absolute atomic E-state index is 5.39. The number of aryl methyl sites for hydroxylation is 1. The van der Waals surface area contributed by atoms with Crippen LogP contribution < -0.4 is 9.47 Å². The van der Waals surface area contributed by atoms with Gasteiger partial charge in [-0.25, -0.2) is 5.10 Å². The van der Waals surface area contributed by atoms with Gasteiger partial charge in [0.25, 0.3) is 0 Å². The Bertz CT molecular complexity index is 940.